The van der Waals surface area contributed by atoms with Gasteiger partial charge in [-0.05, 0) is 17.7 Å². The second-order valence-electron chi connectivity index (χ2n) is 3.41. The Morgan fingerprint density at radius 3 is 2.06 bits per heavy atom. The maximum Gasteiger partial charge on any atom is 0.122 e. The second-order valence-corrected chi connectivity index (χ2v) is 3.82. The molecule has 0 atom stereocenters. The summed E-state index contributed by atoms with van der Waals surface area (Å²) >= 11 is 6.02. The highest BCUT2D eigenvalue weighted by atomic mass is 35.5. The van der Waals surface area contributed by atoms with Gasteiger partial charge in [0.2, 0.25) is 0 Å². The Labute approximate surface area is 99.6 Å². The maximum atomic E-state index is 9.57. The van der Waals surface area contributed by atoms with Gasteiger partial charge in [-0.3, -0.25) is 0 Å². The van der Waals surface area contributed by atoms with Crippen LogP contribution in [0.3, 0.4) is 0 Å². The zero-order valence-electron chi connectivity index (χ0n) is 8.60. The number of rotatable bonds is 2. The monoisotopic (exact) mass is 230 g/mol. The van der Waals surface area contributed by atoms with Crippen molar-refractivity contribution in [2.75, 3.05) is 0 Å². The van der Waals surface area contributed by atoms with E-state index in [0.29, 0.717) is 5.02 Å². The molecule has 0 heterocycles. The molecule has 1 N–H and O–H groups in total. The summed E-state index contributed by atoms with van der Waals surface area (Å²) in [5.41, 5.74) is 1.72. The van der Waals surface area contributed by atoms with Crippen molar-refractivity contribution in [3.63, 3.8) is 0 Å². The van der Waals surface area contributed by atoms with E-state index in [1.165, 1.54) is 0 Å². The minimum absolute atomic E-state index is 0.269. The minimum atomic E-state index is 0.269. The molecule has 0 bridgehead atoms. The number of phenols is 1. The lowest BCUT2D eigenvalue weighted by Crippen LogP contribution is -1.75. The van der Waals surface area contributed by atoms with Crippen LogP contribution in [0.4, 0.5) is 0 Å². The summed E-state index contributed by atoms with van der Waals surface area (Å²) in [6.45, 7) is 0. The summed E-state index contributed by atoms with van der Waals surface area (Å²) in [4.78, 5) is 0. The van der Waals surface area contributed by atoms with Gasteiger partial charge in [0, 0.05) is 10.6 Å². The zero-order chi connectivity index (χ0) is 11.4. The fourth-order valence-corrected chi connectivity index (χ4v) is 1.62. The van der Waals surface area contributed by atoms with Crippen LogP contribution in [0, 0.1) is 0 Å². The van der Waals surface area contributed by atoms with Crippen LogP contribution in [0.25, 0.3) is 12.2 Å². The Balaban J connectivity index is 2.29. The molecule has 0 aliphatic heterocycles. The summed E-state index contributed by atoms with van der Waals surface area (Å²) in [5.74, 6) is 0.269. The molecule has 0 spiro atoms. The van der Waals surface area contributed by atoms with Crippen LogP contribution in [-0.2, 0) is 0 Å². The Kier molecular flexibility index (Phi) is 3.28. The lowest BCUT2D eigenvalue weighted by atomic mass is 10.1. The Hall–Kier alpha value is -1.73. The molecule has 16 heavy (non-hydrogen) atoms. The Bertz CT molecular complexity index is 470. The number of benzene rings is 2. The predicted molar refractivity (Wildman–Crippen MR) is 68.5 cm³/mol. The first-order valence-electron chi connectivity index (χ1n) is 4.98. The molecule has 80 valence electrons. The van der Waals surface area contributed by atoms with Crippen LogP contribution in [0.15, 0.2) is 48.5 Å². The summed E-state index contributed by atoms with van der Waals surface area (Å²) in [6.07, 6.45) is 3.73. The second kappa shape index (κ2) is 4.86. The van der Waals surface area contributed by atoms with Gasteiger partial charge in [-0.25, -0.2) is 0 Å². The highest BCUT2D eigenvalue weighted by Gasteiger charge is 1.96. The van der Waals surface area contributed by atoms with Gasteiger partial charge in [0.05, 0.1) is 0 Å². The van der Waals surface area contributed by atoms with E-state index >= 15 is 0 Å². The Morgan fingerprint density at radius 1 is 0.812 bits per heavy atom. The van der Waals surface area contributed by atoms with Gasteiger partial charge in [-0.2, -0.15) is 0 Å². The van der Waals surface area contributed by atoms with Crippen molar-refractivity contribution in [2.24, 2.45) is 0 Å². The molecule has 0 radical (unpaired) electrons. The molecule has 0 amide bonds. The number of hydrogen-bond acceptors (Lipinski definition) is 1. The molecular weight excluding hydrogens is 220 g/mol. The third-order valence-corrected chi connectivity index (χ3v) is 2.63. The summed E-state index contributed by atoms with van der Waals surface area (Å²) in [6, 6.07) is 14.8. The van der Waals surface area contributed by atoms with Crippen molar-refractivity contribution in [1.82, 2.24) is 0 Å². The molecule has 0 aliphatic carbocycles. The zero-order valence-corrected chi connectivity index (χ0v) is 9.35. The molecule has 0 unspecified atom stereocenters. The van der Waals surface area contributed by atoms with E-state index in [2.05, 4.69) is 0 Å². The van der Waals surface area contributed by atoms with Gasteiger partial charge in [-0.1, -0.05) is 60.2 Å². The predicted octanol–water partition coefficient (Wildman–Crippen LogP) is 4.22. The normalized spacial score (nSPS) is 10.8. The summed E-state index contributed by atoms with van der Waals surface area (Å²) < 4.78 is 0. The van der Waals surface area contributed by atoms with Crippen molar-refractivity contribution in [3.05, 3.63) is 64.7 Å². The highest BCUT2D eigenvalue weighted by Crippen LogP contribution is 2.21. The first-order chi connectivity index (χ1) is 7.77. The number of hydrogen-bond donors (Lipinski definition) is 1. The van der Waals surface area contributed by atoms with E-state index in [1.54, 1.807) is 12.1 Å². The molecule has 0 aliphatic rings. The molecule has 0 aromatic heterocycles. The van der Waals surface area contributed by atoms with Crippen molar-refractivity contribution < 1.29 is 5.11 Å². The topological polar surface area (TPSA) is 20.2 Å². The van der Waals surface area contributed by atoms with Crippen LogP contribution >= 0.6 is 11.6 Å². The van der Waals surface area contributed by atoms with Crippen LogP contribution < -0.4 is 0 Å². The molecule has 0 saturated heterocycles. The highest BCUT2D eigenvalue weighted by molar-refractivity contribution is 6.32. The minimum Gasteiger partial charge on any atom is -0.507 e. The van der Waals surface area contributed by atoms with Crippen molar-refractivity contribution in [2.45, 2.75) is 0 Å². The van der Waals surface area contributed by atoms with E-state index in [0.717, 1.165) is 11.1 Å². The van der Waals surface area contributed by atoms with Gasteiger partial charge in [-0.15, -0.1) is 0 Å². The summed E-state index contributed by atoms with van der Waals surface area (Å²) in [5, 5.41) is 10.3. The molecule has 2 aromatic rings. The van der Waals surface area contributed by atoms with Crippen molar-refractivity contribution >= 4 is 23.8 Å². The van der Waals surface area contributed by atoms with Gasteiger partial charge < -0.3 is 5.11 Å². The molecule has 0 fully saturated rings. The molecule has 2 rings (SSSR count). The van der Waals surface area contributed by atoms with Gasteiger partial charge in [0.1, 0.15) is 5.75 Å². The van der Waals surface area contributed by atoms with Crippen LogP contribution in [-0.4, -0.2) is 5.11 Å². The maximum absolute atomic E-state index is 9.57. The van der Waals surface area contributed by atoms with Crippen molar-refractivity contribution in [1.29, 1.82) is 0 Å². The molecule has 2 aromatic carbocycles. The van der Waals surface area contributed by atoms with E-state index in [-0.39, 0.29) is 5.75 Å². The summed E-state index contributed by atoms with van der Waals surface area (Å²) in [7, 11) is 0. The molecule has 2 heteroatoms. The number of aromatic hydroxyl groups is 1. The standard InChI is InChI=1S/C14H11ClO/c15-13-7-3-1-5-11(13)9-10-12-6-2-4-8-14(12)16/h1-10,16H/b10-9+. The van der Waals surface area contributed by atoms with Crippen LogP contribution in [0.1, 0.15) is 11.1 Å². The quantitative estimate of drug-likeness (QED) is 0.766. The molecular formula is C14H11ClO. The number of phenolic OH excluding ortho intramolecular Hbond substituents is 1. The van der Waals surface area contributed by atoms with Crippen molar-refractivity contribution in [3.8, 4) is 5.75 Å². The van der Waals surface area contributed by atoms with E-state index < -0.39 is 0 Å². The first-order valence-corrected chi connectivity index (χ1v) is 5.36. The Morgan fingerprint density at radius 2 is 1.38 bits per heavy atom. The van der Waals surface area contributed by atoms with E-state index in [4.69, 9.17) is 11.6 Å². The van der Waals surface area contributed by atoms with E-state index in [1.807, 2.05) is 48.6 Å². The van der Waals surface area contributed by atoms with E-state index in [9.17, 15) is 5.11 Å². The smallest absolute Gasteiger partial charge is 0.122 e. The van der Waals surface area contributed by atoms with Crippen LogP contribution in [0.5, 0.6) is 5.75 Å². The van der Waals surface area contributed by atoms with Crippen LogP contribution in [0.2, 0.25) is 5.02 Å². The molecule has 1 nitrogen and oxygen atoms in total. The average Bonchev–Trinajstić information content (AvgIpc) is 2.30. The fourth-order valence-electron chi connectivity index (χ4n) is 1.42. The largest absolute Gasteiger partial charge is 0.507 e. The SMILES string of the molecule is Oc1ccccc1/C=C/c1ccccc1Cl. The lowest BCUT2D eigenvalue weighted by molar-refractivity contribution is 0.474. The van der Waals surface area contributed by atoms with Gasteiger partial charge >= 0.3 is 0 Å². The first kappa shape index (κ1) is 10.8. The van der Waals surface area contributed by atoms with Gasteiger partial charge in [0.15, 0.2) is 0 Å². The fraction of sp³-hybridized carbons (Fsp3) is 0. The lowest BCUT2D eigenvalue weighted by Gasteiger charge is -1.99. The third kappa shape index (κ3) is 2.44. The number of para-hydroxylation sites is 1. The third-order valence-electron chi connectivity index (χ3n) is 2.28. The average molecular weight is 231 g/mol. The molecule has 0 saturated carbocycles. The van der Waals surface area contributed by atoms with Gasteiger partial charge in [0.25, 0.3) is 0 Å². The number of halogens is 1.